The maximum Gasteiger partial charge on any atom is 0.245 e. The molecule has 0 aromatic rings. The fourth-order valence-electron chi connectivity index (χ4n) is 6.53. The zero-order valence-corrected chi connectivity index (χ0v) is 14.2. The number of ketones is 1. The summed E-state index contributed by atoms with van der Waals surface area (Å²) in [7, 11) is 0. The van der Waals surface area contributed by atoms with Crippen LogP contribution in [-0.4, -0.2) is 23.0 Å². The molecule has 0 spiro atoms. The van der Waals surface area contributed by atoms with Gasteiger partial charge in [-0.1, -0.05) is 19.4 Å². The van der Waals surface area contributed by atoms with E-state index in [1.165, 1.54) is 5.57 Å². The van der Waals surface area contributed by atoms with Crippen molar-refractivity contribution in [1.82, 2.24) is 0 Å². The molecule has 3 nitrogen and oxygen atoms in total. The van der Waals surface area contributed by atoms with Crippen LogP contribution in [0.2, 0.25) is 0 Å². The highest BCUT2D eigenvalue weighted by atomic mass is 16.3. The van der Waals surface area contributed by atoms with E-state index in [9.17, 15) is 9.90 Å². The lowest BCUT2D eigenvalue weighted by molar-refractivity contribution is -0.132. The van der Waals surface area contributed by atoms with E-state index in [0.717, 1.165) is 38.5 Å². The van der Waals surface area contributed by atoms with Crippen molar-refractivity contribution in [2.45, 2.75) is 70.9 Å². The molecule has 3 heteroatoms. The van der Waals surface area contributed by atoms with Crippen molar-refractivity contribution in [3.63, 3.8) is 0 Å². The van der Waals surface area contributed by atoms with Gasteiger partial charge in [0.1, 0.15) is 5.78 Å². The molecule has 7 atom stereocenters. The predicted molar refractivity (Wildman–Crippen MR) is 88.5 cm³/mol. The molecule has 3 fully saturated rings. The molecular weight excluding hydrogens is 286 g/mol. The summed E-state index contributed by atoms with van der Waals surface area (Å²) < 4.78 is 0. The van der Waals surface area contributed by atoms with Crippen molar-refractivity contribution in [1.29, 1.82) is 0 Å². The van der Waals surface area contributed by atoms with E-state index in [1.807, 2.05) is 0 Å². The van der Waals surface area contributed by atoms with Crippen LogP contribution in [0.15, 0.2) is 11.6 Å². The van der Waals surface area contributed by atoms with Gasteiger partial charge in [-0.15, -0.1) is 0 Å². The highest BCUT2D eigenvalue weighted by Crippen LogP contribution is 2.64. The number of nitrogens with zero attached hydrogens (tertiary/aromatic N) is 1. The quantitative estimate of drug-likeness (QED) is 0.546. The van der Waals surface area contributed by atoms with E-state index in [0.29, 0.717) is 30.0 Å². The molecule has 0 saturated heterocycles. The van der Waals surface area contributed by atoms with E-state index in [1.54, 1.807) is 0 Å². The van der Waals surface area contributed by atoms with Gasteiger partial charge in [0.2, 0.25) is 6.04 Å². The van der Waals surface area contributed by atoms with Crippen molar-refractivity contribution in [3.8, 4) is 0 Å². The van der Waals surface area contributed by atoms with Crippen molar-refractivity contribution in [2.24, 2.45) is 28.6 Å². The van der Waals surface area contributed by atoms with Crippen LogP contribution in [0.4, 0.5) is 0 Å². The Morgan fingerprint density at radius 2 is 1.87 bits per heavy atom. The first kappa shape index (κ1) is 15.4. The molecule has 4 aliphatic carbocycles. The Hall–Kier alpha value is -1.14. The Labute approximate surface area is 139 Å². The Kier molecular flexibility index (Phi) is 3.30. The van der Waals surface area contributed by atoms with Gasteiger partial charge in [-0.2, -0.15) is 0 Å². The predicted octanol–water partition coefficient (Wildman–Crippen LogP) is 3.78. The third kappa shape index (κ3) is 1.94. The van der Waals surface area contributed by atoms with Crippen molar-refractivity contribution in [3.05, 3.63) is 23.1 Å². The van der Waals surface area contributed by atoms with Gasteiger partial charge < -0.3 is 9.95 Å². The third-order valence-corrected chi connectivity index (χ3v) is 7.96. The van der Waals surface area contributed by atoms with Crippen LogP contribution >= 0.6 is 0 Å². The summed E-state index contributed by atoms with van der Waals surface area (Å²) in [6.45, 7) is 12.3. The Morgan fingerprint density at radius 3 is 2.61 bits per heavy atom. The Bertz CT molecular complexity index is 618. The number of rotatable bonds is 0. The monoisotopic (exact) mass is 313 g/mol. The summed E-state index contributed by atoms with van der Waals surface area (Å²) in [6.07, 6.45) is 8.35. The standard InChI is InChI=1S/C20H27NO2/c1-19-8-6-13(22)10-12(19)11-16(21-3)18-14-4-5-17(23)20(14,2)9-7-15(18)19/h11,13-16,18,22H,4-10H2,1-2H3/t13?,14-,15-,16?,18-,19-,20-/m0/s1. The molecule has 0 heterocycles. The summed E-state index contributed by atoms with van der Waals surface area (Å²) in [6, 6.07) is -0.0936. The van der Waals surface area contributed by atoms with Gasteiger partial charge in [0.05, 0.1) is 6.10 Å². The van der Waals surface area contributed by atoms with Gasteiger partial charge in [0, 0.05) is 17.8 Å². The highest BCUT2D eigenvalue weighted by Gasteiger charge is 2.62. The number of hydrogen-bond donors (Lipinski definition) is 1. The number of carbonyl (C=O) groups is 1. The SMILES string of the molecule is [C-]#[N+]C1C=C2CC(O)CC[C@]2(C)[C@H]2CC[C@]3(C)C(=O)CC[C@H]3[C@H]12. The number of carbonyl (C=O) groups excluding carboxylic acids is 1. The number of aliphatic hydroxyl groups excluding tert-OH is 1. The summed E-state index contributed by atoms with van der Waals surface area (Å²) >= 11 is 0. The van der Waals surface area contributed by atoms with E-state index in [2.05, 4.69) is 24.8 Å². The van der Waals surface area contributed by atoms with Gasteiger partial charge in [-0.05, 0) is 61.9 Å². The second kappa shape index (κ2) is 4.93. The zero-order valence-electron chi connectivity index (χ0n) is 14.2. The molecule has 0 amide bonds. The topological polar surface area (TPSA) is 41.7 Å². The summed E-state index contributed by atoms with van der Waals surface area (Å²) in [5, 5.41) is 10.1. The summed E-state index contributed by atoms with van der Waals surface area (Å²) in [5.41, 5.74) is 1.28. The minimum Gasteiger partial charge on any atom is -0.393 e. The molecule has 0 aromatic heterocycles. The fourth-order valence-corrected chi connectivity index (χ4v) is 6.53. The number of fused-ring (bicyclic) bond motifs is 5. The van der Waals surface area contributed by atoms with Gasteiger partial charge in [0.25, 0.3) is 0 Å². The number of aliphatic hydroxyl groups is 1. The van der Waals surface area contributed by atoms with Gasteiger partial charge in [-0.3, -0.25) is 4.79 Å². The molecule has 3 saturated carbocycles. The first-order valence-corrected chi connectivity index (χ1v) is 9.19. The van der Waals surface area contributed by atoms with Crippen molar-refractivity contribution >= 4 is 5.78 Å². The van der Waals surface area contributed by atoms with Crippen LogP contribution in [0.1, 0.15) is 58.8 Å². The minimum absolute atomic E-state index is 0.0936. The second-order valence-electron chi connectivity index (χ2n) is 8.83. The average Bonchev–Trinajstić information content (AvgIpc) is 2.83. The first-order valence-electron chi connectivity index (χ1n) is 9.19. The average molecular weight is 313 g/mol. The summed E-state index contributed by atoms with van der Waals surface area (Å²) in [5.74, 6) is 1.66. The van der Waals surface area contributed by atoms with Crippen LogP contribution in [0.3, 0.4) is 0 Å². The molecular formula is C20H27NO2. The Balaban J connectivity index is 1.79. The Morgan fingerprint density at radius 1 is 1.17 bits per heavy atom. The first-order chi connectivity index (χ1) is 10.9. The highest BCUT2D eigenvalue weighted by molar-refractivity contribution is 5.87. The molecule has 0 bridgehead atoms. The molecule has 1 N–H and O–H groups in total. The van der Waals surface area contributed by atoms with E-state index < -0.39 is 0 Å². The van der Waals surface area contributed by atoms with Crippen LogP contribution in [-0.2, 0) is 4.79 Å². The lowest BCUT2D eigenvalue weighted by Crippen LogP contribution is -2.54. The van der Waals surface area contributed by atoms with Crippen LogP contribution < -0.4 is 0 Å². The molecule has 124 valence electrons. The molecule has 23 heavy (non-hydrogen) atoms. The molecule has 4 rings (SSSR count). The van der Waals surface area contributed by atoms with Gasteiger partial charge in [0.15, 0.2) is 0 Å². The van der Waals surface area contributed by atoms with Crippen molar-refractivity contribution in [2.75, 3.05) is 0 Å². The molecule has 2 unspecified atom stereocenters. The zero-order chi connectivity index (χ0) is 16.4. The molecule has 0 aliphatic heterocycles. The maximum atomic E-state index is 12.5. The molecule has 0 radical (unpaired) electrons. The number of hydrogen-bond acceptors (Lipinski definition) is 2. The summed E-state index contributed by atoms with van der Waals surface area (Å²) in [4.78, 5) is 16.5. The van der Waals surface area contributed by atoms with Gasteiger partial charge in [-0.25, -0.2) is 6.57 Å². The van der Waals surface area contributed by atoms with Crippen LogP contribution in [0, 0.1) is 35.2 Å². The van der Waals surface area contributed by atoms with Crippen LogP contribution in [0.25, 0.3) is 4.85 Å². The maximum absolute atomic E-state index is 12.5. The van der Waals surface area contributed by atoms with Gasteiger partial charge >= 0.3 is 0 Å². The fraction of sp³-hybridized carbons (Fsp3) is 0.800. The normalized spacial score (nSPS) is 52.0. The minimum atomic E-state index is -0.237. The molecule has 0 aromatic carbocycles. The van der Waals surface area contributed by atoms with Crippen molar-refractivity contribution < 1.29 is 9.90 Å². The lowest BCUT2D eigenvalue weighted by Gasteiger charge is -2.56. The van der Waals surface area contributed by atoms with Crippen LogP contribution in [0.5, 0.6) is 0 Å². The van der Waals surface area contributed by atoms with E-state index >= 15 is 0 Å². The molecule has 4 aliphatic rings. The largest absolute Gasteiger partial charge is 0.393 e. The van der Waals surface area contributed by atoms with E-state index in [4.69, 9.17) is 6.57 Å². The van der Waals surface area contributed by atoms with E-state index in [-0.39, 0.29) is 23.0 Å². The number of Topliss-reactive ketones (excluding diaryl/α,β-unsaturated/α-hetero) is 1. The smallest absolute Gasteiger partial charge is 0.245 e. The third-order valence-electron chi connectivity index (χ3n) is 7.96. The lowest BCUT2D eigenvalue weighted by atomic mass is 9.47. The second-order valence-corrected chi connectivity index (χ2v) is 8.83.